The second-order valence-corrected chi connectivity index (χ2v) is 5.10. The van der Waals surface area contributed by atoms with Crippen LogP contribution in [0.2, 0.25) is 5.15 Å². The van der Waals surface area contributed by atoms with Gasteiger partial charge in [-0.25, -0.2) is 9.37 Å². The topological polar surface area (TPSA) is 67.3 Å². The van der Waals surface area contributed by atoms with Gasteiger partial charge in [-0.2, -0.15) is 0 Å². The molecule has 0 saturated carbocycles. The fourth-order valence-corrected chi connectivity index (χ4v) is 2.42. The van der Waals surface area contributed by atoms with E-state index in [0.29, 0.717) is 11.1 Å². The third-order valence-electron chi connectivity index (χ3n) is 3.26. The molecule has 22 heavy (non-hydrogen) atoms. The molecule has 1 heterocycles. The molecule has 0 aliphatic carbocycles. The zero-order valence-corrected chi connectivity index (χ0v) is 12.3. The lowest BCUT2D eigenvalue weighted by atomic mass is 9.88. The van der Waals surface area contributed by atoms with Crippen molar-refractivity contribution in [3.05, 3.63) is 64.7 Å². The van der Waals surface area contributed by atoms with Crippen LogP contribution in [0.5, 0.6) is 0 Å². The molecule has 1 N–H and O–H groups in total. The number of ketones is 1. The van der Waals surface area contributed by atoms with E-state index in [4.69, 9.17) is 16.7 Å². The Labute approximate surface area is 131 Å². The van der Waals surface area contributed by atoms with Crippen molar-refractivity contribution < 1.29 is 19.1 Å². The van der Waals surface area contributed by atoms with E-state index in [-0.39, 0.29) is 23.8 Å². The SMILES string of the molecule is O=C(O)CCC(C(=O)c1ccc(F)cc1)c1cccnc1Cl. The lowest BCUT2D eigenvalue weighted by molar-refractivity contribution is -0.137. The smallest absolute Gasteiger partial charge is 0.303 e. The Balaban J connectivity index is 2.35. The van der Waals surface area contributed by atoms with Crippen molar-refractivity contribution in [2.24, 2.45) is 0 Å². The van der Waals surface area contributed by atoms with Crippen LogP contribution in [0.15, 0.2) is 42.6 Å². The Kier molecular flexibility index (Phi) is 5.22. The summed E-state index contributed by atoms with van der Waals surface area (Å²) in [4.78, 5) is 27.4. The van der Waals surface area contributed by atoms with Gasteiger partial charge in [-0.05, 0) is 36.8 Å². The Hall–Kier alpha value is -2.27. The van der Waals surface area contributed by atoms with Crippen molar-refractivity contribution in [1.82, 2.24) is 4.98 Å². The maximum Gasteiger partial charge on any atom is 0.303 e. The van der Waals surface area contributed by atoms with Crippen LogP contribution in [0.4, 0.5) is 4.39 Å². The van der Waals surface area contributed by atoms with Gasteiger partial charge in [0.05, 0.1) is 5.92 Å². The van der Waals surface area contributed by atoms with Gasteiger partial charge in [0.2, 0.25) is 0 Å². The number of hydrogen-bond donors (Lipinski definition) is 1. The number of aromatic nitrogens is 1. The van der Waals surface area contributed by atoms with Gasteiger partial charge in [-0.15, -0.1) is 0 Å². The van der Waals surface area contributed by atoms with Crippen molar-refractivity contribution in [1.29, 1.82) is 0 Å². The van der Waals surface area contributed by atoms with Gasteiger partial charge in [-0.1, -0.05) is 17.7 Å². The van der Waals surface area contributed by atoms with Crippen molar-refractivity contribution in [3.8, 4) is 0 Å². The molecule has 1 aromatic carbocycles. The number of rotatable bonds is 6. The summed E-state index contributed by atoms with van der Waals surface area (Å²) in [6.45, 7) is 0. The van der Waals surface area contributed by atoms with Crippen LogP contribution in [0.3, 0.4) is 0 Å². The first-order valence-corrected chi connectivity index (χ1v) is 6.99. The van der Waals surface area contributed by atoms with Gasteiger partial charge < -0.3 is 5.11 Å². The average Bonchev–Trinajstić information content (AvgIpc) is 2.49. The second kappa shape index (κ2) is 7.13. The van der Waals surface area contributed by atoms with E-state index < -0.39 is 17.7 Å². The van der Waals surface area contributed by atoms with Crippen molar-refractivity contribution in [2.45, 2.75) is 18.8 Å². The number of Topliss-reactive ketones (excluding diaryl/α,β-unsaturated/α-hetero) is 1. The van der Waals surface area contributed by atoms with E-state index in [0.717, 1.165) is 0 Å². The van der Waals surface area contributed by atoms with Crippen LogP contribution in [0.25, 0.3) is 0 Å². The minimum atomic E-state index is -1.00. The lowest BCUT2D eigenvalue weighted by Crippen LogP contribution is -2.15. The van der Waals surface area contributed by atoms with Crippen molar-refractivity contribution in [3.63, 3.8) is 0 Å². The fourth-order valence-electron chi connectivity index (χ4n) is 2.17. The molecule has 4 nitrogen and oxygen atoms in total. The predicted molar refractivity (Wildman–Crippen MR) is 79.6 cm³/mol. The van der Waals surface area contributed by atoms with Crippen LogP contribution in [-0.2, 0) is 4.79 Å². The van der Waals surface area contributed by atoms with Gasteiger partial charge >= 0.3 is 5.97 Å². The van der Waals surface area contributed by atoms with E-state index in [9.17, 15) is 14.0 Å². The molecule has 114 valence electrons. The molecule has 0 aliphatic rings. The summed E-state index contributed by atoms with van der Waals surface area (Å²) in [6.07, 6.45) is 1.40. The summed E-state index contributed by atoms with van der Waals surface area (Å²) in [7, 11) is 0. The molecule has 1 aromatic heterocycles. The van der Waals surface area contributed by atoms with E-state index in [1.807, 2.05) is 0 Å². The monoisotopic (exact) mass is 321 g/mol. The van der Waals surface area contributed by atoms with Crippen molar-refractivity contribution >= 4 is 23.4 Å². The van der Waals surface area contributed by atoms with Gasteiger partial charge in [0, 0.05) is 23.7 Å². The first-order chi connectivity index (χ1) is 10.5. The van der Waals surface area contributed by atoms with Gasteiger partial charge in [0.25, 0.3) is 0 Å². The van der Waals surface area contributed by atoms with E-state index in [1.54, 1.807) is 12.1 Å². The number of benzene rings is 1. The summed E-state index contributed by atoms with van der Waals surface area (Å²) >= 11 is 6.02. The quantitative estimate of drug-likeness (QED) is 0.650. The normalized spacial score (nSPS) is 11.9. The summed E-state index contributed by atoms with van der Waals surface area (Å²) in [5.74, 6) is -2.49. The number of aliphatic carboxylic acids is 1. The van der Waals surface area contributed by atoms with Crippen LogP contribution in [-0.4, -0.2) is 21.8 Å². The maximum absolute atomic E-state index is 13.0. The molecule has 0 spiro atoms. The largest absolute Gasteiger partial charge is 0.481 e. The number of hydrogen-bond acceptors (Lipinski definition) is 3. The first kappa shape index (κ1) is 16.1. The summed E-state index contributed by atoms with van der Waals surface area (Å²) in [5.41, 5.74) is 0.774. The zero-order chi connectivity index (χ0) is 16.1. The average molecular weight is 322 g/mol. The fraction of sp³-hybridized carbons (Fsp3) is 0.188. The number of carboxylic acid groups (broad SMARTS) is 1. The number of halogens is 2. The molecule has 0 amide bonds. The molecule has 0 saturated heterocycles. The van der Waals surface area contributed by atoms with E-state index in [2.05, 4.69) is 4.98 Å². The van der Waals surface area contributed by atoms with E-state index >= 15 is 0 Å². The molecule has 2 rings (SSSR count). The molecule has 0 bridgehead atoms. The number of pyridine rings is 1. The highest BCUT2D eigenvalue weighted by Gasteiger charge is 2.25. The number of carboxylic acids is 1. The predicted octanol–water partition coefficient (Wildman–Crippen LogP) is 3.71. The zero-order valence-electron chi connectivity index (χ0n) is 11.5. The number of carbonyl (C=O) groups is 2. The van der Waals surface area contributed by atoms with Gasteiger partial charge in [0.15, 0.2) is 5.78 Å². The lowest BCUT2D eigenvalue weighted by Gasteiger charge is -2.16. The molecule has 0 fully saturated rings. The molecular formula is C16H13ClFNO3. The maximum atomic E-state index is 13.0. The highest BCUT2D eigenvalue weighted by molar-refractivity contribution is 6.30. The Morgan fingerprint density at radius 2 is 1.91 bits per heavy atom. The highest BCUT2D eigenvalue weighted by atomic mass is 35.5. The number of nitrogens with zero attached hydrogens (tertiary/aromatic N) is 1. The molecular weight excluding hydrogens is 309 g/mol. The Morgan fingerprint density at radius 3 is 2.50 bits per heavy atom. The van der Waals surface area contributed by atoms with Crippen LogP contribution in [0.1, 0.15) is 34.7 Å². The van der Waals surface area contributed by atoms with Crippen LogP contribution >= 0.6 is 11.6 Å². The van der Waals surface area contributed by atoms with Crippen LogP contribution in [0, 0.1) is 5.82 Å². The molecule has 0 aliphatic heterocycles. The Bertz CT molecular complexity index is 688. The third kappa shape index (κ3) is 3.89. The summed E-state index contributed by atoms with van der Waals surface area (Å²) in [5, 5.41) is 9.02. The minimum Gasteiger partial charge on any atom is -0.481 e. The second-order valence-electron chi connectivity index (χ2n) is 4.74. The molecule has 1 unspecified atom stereocenters. The number of carbonyl (C=O) groups excluding carboxylic acids is 1. The first-order valence-electron chi connectivity index (χ1n) is 6.61. The third-order valence-corrected chi connectivity index (χ3v) is 3.57. The molecule has 2 aromatic rings. The van der Waals surface area contributed by atoms with Crippen molar-refractivity contribution in [2.75, 3.05) is 0 Å². The highest BCUT2D eigenvalue weighted by Crippen LogP contribution is 2.30. The summed E-state index contributed by atoms with van der Waals surface area (Å²) in [6, 6.07) is 8.39. The molecule has 6 heteroatoms. The van der Waals surface area contributed by atoms with Crippen LogP contribution < -0.4 is 0 Å². The van der Waals surface area contributed by atoms with E-state index in [1.165, 1.54) is 30.5 Å². The minimum absolute atomic E-state index is 0.0942. The summed E-state index contributed by atoms with van der Waals surface area (Å²) < 4.78 is 13.0. The molecule has 1 atom stereocenters. The molecule has 0 radical (unpaired) electrons. The Morgan fingerprint density at radius 1 is 1.23 bits per heavy atom. The van der Waals surface area contributed by atoms with Gasteiger partial charge in [-0.3, -0.25) is 9.59 Å². The van der Waals surface area contributed by atoms with Gasteiger partial charge in [0.1, 0.15) is 11.0 Å². The standard InChI is InChI=1S/C16H13ClFNO3/c17-16-13(2-1-9-19-16)12(7-8-14(20)21)15(22)10-3-5-11(18)6-4-10/h1-6,9,12H,7-8H2,(H,20,21).